The summed E-state index contributed by atoms with van der Waals surface area (Å²) in [6, 6.07) is 2.91. The van der Waals surface area contributed by atoms with Gasteiger partial charge in [0, 0.05) is 89.0 Å². The summed E-state index contributed by atoms with van der Waals surface area (Å²) in [5.41, 5.74) is 2.02. The van der Waals surface area contributed by atoms with Gasteiger partial charge in [-0.1, -0.05) is 83.2 Å². The van der Waals surface area contributed by atoms with Gasteiger partial charge in [-0.25, -0.2) is 4.98 Å². The number of amides is 8. The van der Waals surface area contributed by atoms with E-state index in [2.05, 4.69) is 31.5 Å². The number of carbonyl (C=O) groups excluding carboxylic acids is 13. The summed E-state index contributed by atoms with van der Waals surface area (Å²) in [4.78, 5) is 182. The number of hydrogen-bond donors (Lipinski definition) is 5. The van der Waals surface area contributed by atoms with Gasteiger partial charge in [0.25, 0.3) is 12.4 Å². The highest BCUT2D eigenvalue weighted by Gasteiger charge is 2.40. The minimum atomic E-state index is -1.23. The molecular formula is C70H107N9O17S2. The van der Waals surface area contributed by atoms with Crippen molar-refractivity contribution < 1.29 is 81.3 Å². The van der Waals surface area contributed by atoms with Gasteiger partial charge in [0.15, 0.2) is 23.5 Å². The molecule has 4 rings (SSSR count). The topological polar surface area (TPSA) is 342 Å². The molecule has 0 spiro atoms. The lowest BCUT2D eigenvalue weighted by atomic mass is 9.83. The molecule has 0 radical (unpaired) electrons. The van der Waals surface area contributed by atoms with Crippen LogP contribution in [0.4, 0.5) is 0 Å². The zero-order valence-electron chi connectivity index (χ0n) is 59.4. The Bertz CT molecular complexity index is 2980. The van der Waals surface area contributed by atoms with Crippen molar-refractivity contribution in [3.63, 3.8) is 0 Å². The number of nitrogens with zero attached hydrogens (tertiary/aromatic N) is 4. The van der Waals surface area contributed by atoms with Crippen LogP contribution in [0.3, 0.4) is 0 Å². The van der Waals surface area contributed by atoms with Crippen molar-refractivity contribution in [2.24, 2.45) is 17.8 Å². The van der Waals surface area contributed by atoms with E-state index in [9.17, 15) is 62.3 Å². The monoisotopic (exact) mass is 1410 g/mol. The second-order valence-electron chi connectivity index (χ2n) is 26.3. The van der Waals surface area contributed by atoms with E-state index >= 15 is 0 Å². The Morgan fingerprint density at radius 2 is 1.53 bits per heavy atom. The SMILES string of the molecule is CCC(C)[C@H](CC(=O)C1CCCCN1C)C(=O)N(C)[C@H](C[C@@H](OC(=O)CCC(=O)CNC(=O)C(CCCCCC(=O)COCCOC)NC(=O)C(C)NC(=O)C(C)NC(=O)CCCN1C(=O)CC(SC)C1=O)c1nc(C(=O)N[C@@H](Cc2ccc(C)cc2)CC(C)OC=O)cs1)C(C)C. The Morgan fingerprint density at radius 3 is 2.18 bits per heavy atom. The number of aromatic nitrogens is 1. The highest BCUT2D eigenvalue weighted by Crippen LogP contribution is 2.34. The number of ketones is 3. The number of piperidine rings is 1. The van der Waals surface area contributed by atoms with Gasteiger partial charge in [0.1, 0.15) is 41.5 Å². The molecule has 0 bridgehead atoms. The van der Waals surface area contributed by atoms with E-state index < -0.39 is 114 Å². The maximum atomic E-state index is 14.8. The standard InChI is InChI=1S/C70H107N9O17S2/c1-13-45(5)53(36-58(83)56-22-17-18-30-77(56)9)69(91)78(10)57(43(2)3)37-59(68-76-55(41-98-68)67(90)74-50(34-46(6)95-42-80)35-49-26-24-44(4)25-27-49)96-63(86)29-28-51(81)39-71-66(89)54(21-16-14-15-20-52(82)40-94-33-32-93-11)75-65(88)48(8)73-64(87)47(7)72-61(84)23-19-31-79-62(85)38-60(97-12)70(79)92/h24-27,41-43,45-48,50,53-54,56-57,59-60H,13-23,28-40H2,1-12H3,(H,71,89)(H,72,84)(H,73,87)(H,74,90)(H,75,88)/t45?,46?,47?,48?,50-,53+,54?,56?,57-,59-,60?/m1/s1. The van der Waals surface area contributed by atoms with Crippen molar-refractivity contribution in [1.29, 1.82) is 0 Å². The minimum absolute atomic E-state index is 0.0171. The van der Waals surface area contributed by atoms with Gasteiger partial charge >= 0.3 is 5.97 Å². The van der Waals surface area contributed by atoms with E-state index in [0.29, 0.717) is 45.2 Å². The summed E-state index contributed by atoms with van der Waals surface area (Å²) >= 11 is 2.35. The van der Waals surface area contributed by atoms with Crippen molar-refractivity contribution >= 4 is 100 Å². The number of nitrogens with one attached hydrogen (secondary N) is 5. The van der Waals surface area contributed by atoms with Crippen LogP contribution in [0.25, 0.3) is 0 Å². The number of rotatable bonds is 47. The molecular weight excluding hydrogens is 1300 g/mol. The molecule has 26 nitrogen and oxygen atoms in total. The second-order valence-corrected chi connectivity index (χ2v) is 28.2. The normalized spacial score (nSPS) is 17.6. The van der Waals surface area contributed by atoms with E-state index in [1.54, 1.807) is 25.1 Å². The predicted octanol–water partition coefficient (Wildman–Crippen LogP) is 5.72. The number of thiazole rings is 1. The van der Waals surface area contributed by atoms with Crippen LogP contribution in [-0.4, -0.2) is 211 Å². The Hall–Kier alpha value is -7.01. The number of hydrogen-bond acceptors (Lipinski definition) is 21. The molecule has 11 atom stereocenters. The lowest BCUT2D eigenvalue weighted by Crippen LogP contribution is -2.55. The number of imide groups is 1. The number of thioether (sulfide) groups is 1. The molecule has 2 aliphatic heterocycles. The number of carbonyl (C=O) groups is 13. The molecule has 2 aliphatic rings. The molecule has 5 N–H and O–H groups in total. The molecule has 2 fully saturated rings. The minimum Gasteiger partial charge on any atom is -0.465 e. The summed E-state index contributed by atoms with van der Waals surface area (Å²) < 4.78 is 21.7. The fraction of sp³-hybridized carbons (Fsp3) is 0.686. The molecule has 0 saturated carbocycles. The fourth-order valence-electron chi connectivity index (χ4n) is 11.8. The fourth-order valence-corrected chi connectivity index (χ4v) is 13.3. The number of methoxy groups -OCH3 is 1. The molecule has 2 saturated heterocycles. The summed E-state index contributed by atoms with van der Waals surface area (Å²) in [7, 11) is 5.13. The third kappa shape index (κ3) is 28.3. The average molecular weight is 1410 g/mol. The molecule has 7 unspecified atom stereocenters. The van der Waals surface area contributed by atoms with Crippen molar-refractivity contribution in [3.8, 4) is 0 Å². The van der Waals surface area contributed by atoms with Gasteiger partial charge < -0.3 is 50.4 Å². The van der Waals surface area contributed by atoms with Crippen molar-refractivity contribution in [2.45, 2.75) is 225 Å². The van der Waals surface area contributed by atoms with Crippen LogP contribution >= 0.6 is 23.1 Å². The maximum Gasteiger partial charge on any atom is 0.306 e. The van der Waals surface area contributed by atoms with E-state index in [4.69, 9.17) is 23.9 Å². The molecule has 546 valence electrons. The third-order valence-electron chi connectivity index (χ3n) is 18.1. The molecule has 2 aromatic rings. The van der Waals surface area contributed by atoms with E-state index in [1.807, 2.05) is 65.9 Å². The van der Waals surface area contributed by atoms with Gasteiger partial charge in [0.2, 0.25) is 41.4 Å². The Kier molecular flexibility index (Phi) is 37.0. The lowest BCUT2D eigenvalue weighted by molar-refractivity contribution is -0.153. The first-order valence-electron chi connectivity index (χ1n) is 34.4. The number of ether oxygens (including phenoxy) is 4. The molecule has 8 amide bonds. The first-order valence-corrected chi connectivity index (χ1v) is 36.5. The summed E-state index contributed by atoms with van der Waals surface area (Å²) in [6.45, 7) is 15.4. The Morgan fingerprint density at radius 1 is 0.827 bits per heavy atom. The van der Waals surface area contributed by atoms with Gasteiger partial charge in [-0.05, 0) is 103 Å². The van der Waals surface area contributed by atoms with Gasteiger partial charge in [-0.3, -0.25) is 72.1 Å². The maximum absolute atomic E-state index is 14.8. The molecule has 0 aliphatic carbocycles. The van der Waals surface area contributed by atoms with Crippen LogP contribution in [0.1, 0.15) is 190 Å². The van der Waals surface area contributed by atoms with Crippen molar-refractivity contribution in [1.82, 2.24) is 46.3 Å². The van der Waals surface area contributed by atoms with Crippen LogP contribution in [0.2, 0.25) is 0 Å². The first kappa shape index (κ1) is 83.4. The number of likely N-dealkylation sites (tertiary alicyclic amines) is 2. The van der Waals surface area contributed by atoms with E-state index in [0.717, 1.165) is 53.2 Å². The first-order chi connectivity index (χ1) is 46.6. The van der Waals surface area contributed by atoms with Crippen LogP contribution < -0.4 is 26.6 Å². The number of aryl methyl sites for hydroxylation is 1. The number of esters is 1. The number of benzene rings is 1. The molecule has 1 aromatic heterocycles. The number of likely N-dealkylation sites (N-methyl/N-ethyl adjacent to an activating group) is 1. The van der Waals surface area contributed by atoms with Gasteiger partial charge in [0.05, 0.1) is 37.5 Å². The lowest BCUT2D eigenvalue weighted by Gasteiger charge is -2.37. The van der Waals surface area contributed by atoms with Crippen LogP contribution in [0.5, 0.6) is 0 Å². The van der Waals surface area contributed by atoms with Crippen LogP contribution in [-0.2, 0) is 82.9 Å². The Balaban J connectivity index is 1.50. The van der Waals surface area contributed by atoms with Gasteiger partial charge in [-0.2, -0.15) is 11.8 Å². The third-order valence-corrected chi connectivity index (χ3v) is 19.9. The smallest absolute Gasteiger partial charge is 0.306 e. The highest BCUT2D eigenvalue weighted by molar-refractivity contribution is 8.00. The van der Waals surface area contributed by atoms with Crippen LogP contribution in [0.15, 0.2) is 29.6 Å². The molecule has 28 heteroatoms. The largest absolute Gasteiger partial charge is 0.465 e. The van der Waals surface area contributed by atoms with E-state index in [1.165, 1.54) is 38.1 Å². The quantitative estimate of drug-likeness (QED) is 0.0229. The zero-order chi connectivity index (χ0) is 72.6. The number of Topliss-reactive ketones (excluding diaryl/α,β-unsaturated/α-hetero) is 3. The molecule has 1 aromatic carbocycles. The second kappa shape index (κ2) is 43.5. The van der Waals surface area contributed by atoms with Crippen LogP contribution in [0, 0.1) is 24.7 Å². The average Bonchev–Trinajstić information content (AvgIpc) is 1.42. The highest BCUT2D eigenvalue weighted by atomic mass is 32.2. The summed E-state index contributed by atoms with van der Waals surface area (Å²) in [5, 5.41) is 14.7. The van der Waals surface area contributed by atoms with Crippen molar-refractivity contribution in [3.05, 3.63) is 51.5 Å². The summed E-state index contributed by atoms with van der Waals surface area (Å²) in [5.74, 6) is -6.63. The number of unbranched alkanes of at least 4 members (excludes halogenated alkanes) is 2. The van der Waals surface area contributed by atoms with Crippen molar-refractivity contribution in [2.75, 3.05) is 66.9 Å². The van der Waals surface area contributed by atoms with Gasteiger partial charge in [-0.15, -0.1) is 11.3 Å². The summed E-state index contributed by atoms with van der Waals surface area (Å²) in [6.07, 6.45) is 5.01. The van der Waals surface area contributed by atoms with E-state index in [-0.39, 0.29) is 129 Å². The zero-order valence-corrected chi connectivity index (χ0v) is 61.0. The Labute approximate surface area is 585 Å². The predicted molar refractivity (Wildman–Crippen MR) is 370 cm³/mol. The molecule has 3 heterocycles. The molecule has 98 heavy (non-hydrogen) atoms.